The van der Waals surface area contributed by atoms with Gasteiger partial charge in [0, 0.05) is 5.56 Å². The van der Waals surface area contributed by atoms with Crippen molar-refractivity contribution in [3.63, 3.8) is 0 Å². The summed E-state index contributed by atoms with van der Waals surface area (Å²) in [5.41, 5.74) is 0.382. The summed E-state index contributed by atoms with van der Waals surface area (Å²) in [6.07, 6.45) is 1.37. The maximum absolute atomic E-state index is 12.4. The number of rotatable bonds is 4. The van der Waals surface area contributed by atoms with Crippen molar-refractivity contribution >= 4 is 5.91 Å². The van der Waals surface area contributed by atoms with Crippen LogP contribution in [0, 0.1) is 0 Å². The van der Waals surface area contributed by atoms with Crippen LogP contribution in [0.15, 0.2) is 24.3 Å². The van der Waals surface area contributed by atoms with Crippen LogP contribution in [0.2, 0.25) is 0 Å². The average molecular weight is 263 g/mol. The number of carbonyl (C=O) groups excluding carboxylic acids is 1. The summed E-state index contributed by atoms with van der Waals surface area (Å²) in [6.45, 7) is 4.31. The van der Waals surface area contributed by atoms with Gasteiger partial charge in [-0.1, -0.05) is 25.1 Å². The molecule has 104 valence electrons. The lowest BCUT2D eigenvalue weighted by Crippen LogP contribution is -2.50. The lowest BCUT2D eigenvalue weighted by atomic mass is 9.90. The molecule has 4 heteroatoms. The maximum atomic E-state index is 12.4. The van der Waals surface area contributed by atoms with Crippen LogP contribution in [-0.4, -0.2) is 29.8 Å². The quantitative estimate of drug-likeness (QED) is 0.871. The lowest BCUT2D eigenvalue weighted by molar-refractivity contribution is -0.125. The van der Waals surface area contributed by atoms with Gasteiger partial charge in [-0.05, 0) is 25.8 Å². The van der Waals surface area contributed by atoms with Gasteiger partial charge in [-0.15, -0.1) is 0 Å². The first kappa shape index (κ1) is 13.9. The van der Waals surface area contributed by atoms with E-state index >= 15 is 0 Å². The second-order valence-electron chi connectivity index (χ2n) is 5.29. The van der Waals surface area contributed by atoms with E-state index in [4.69, 9.17) is 4.74 Å². The molecule has 0 aliphatic carbocycles. The van der Waals surface area contributed by atoms with Crippen LogP contribution in [0.5, 0.6) is 5.75 Å². The first-order chi connectivity index (χ1) is 9.09. The van der Waals surface area contributed by atoms with Gasteiger partial charge in [-0.25, -0.2) is 0 Å². The number of amides is 1. The molecule has 2 unspecified atom stereocenters. The molecule has 1 aliphatic heterocycles. The summed E-state index contributed by atoms with van der Waals surface area (Å²) >= 11 is 0. The third kappa shape index (κ3) is 2.89. The van der Waals surface area contributed by atoms with Crippen molar-refractivity contribution in [2.75, 3.05) is 13.2 Å². The Morgan fingerprint density at radius 3 is 2.95 bits per heavy atom. The van der Waals surface area contributed by atoms with Crippen molar-refractivity contribution in [1.82, 2.24) is 5.32 Å². The number of nitrogens with one attached hydrogen (secondary N) is 1. The molecular weight excluding hydrogens is 242 g/mol. The van der Waals surface area contributed by atoms with Crippen LogP contribution >= 0.6 is 0 Å². The number of aliphatic hydroxyl groups is 1. The molecule has 0 saturated heterocycles. The highest BCUT2D eigenvalue weighted by Gasteiger charge is 2.31. The van der Waals surface area contributed by atoms with Crippen LogP contribution in [0.4, 0.5) is 0 Å². The first-order valence-corrected chi connectivity index (χ1v) is 6.74. The van der Waals surface area contributed by atoms with Crippen LogP contribution in [-0.2, 0) is 4.79 Å². The molecule has 19 heavy (non-hydrogen) atoms. The van der Waals surface area contributed by atoms with Gasteiger partial charge in [-0.2, -0.15) is 0 Å². The highest BCUT2D eigenvalue weighted by molar-refractivity contribution is 5.85. The molecule has 0 saturated carbocycles. The summed E-state index contributed by atoms with van der Waals surface area (Å²) in [4.78, 5) is 12.4. The molecule has 0 spiro atoms. The predicted octanol–water partition coefficient (Wildman–Crippen LogP) is 1.83. The molecule has 2 N–H and O–H groups in total. The number of para-hydroxylation sites is 1. The molecule has 4 nitrogen and oxygen atoms in total. The molecule has 1 heterocycles. The van der Waals surface area contributed by atoms with E-state index in [0.717, 1.165) is 11.3 Å². The maximum Gasteiger partial charge on any atom is 0.228 e. The fraction of sp³-hybridized carbons (Fsp3) is 0.533. The van der Waals surface area contributed by atoms with Gasteiger partial charge in [0.15, 0.2) is 0 Å². The molecule has 1 amide bonds. The minimum absolute atomic E-state index is 0.0332. The van der Waals surface area contributed by atoms with Crippen molar-refractivity contribution in [3.8, 4) is 5.75 Å². The zero-order chi connectivity index (χ0) is 13.9. The minimum atomic E-state index is -0.551. The summed E-state index contributed by atoms with van der Waals surface area (Å²) in [6, 6.07) is 7.64. The zero-order valence-electron chi connectivity index (χ0n) is 11.5. The van der Waals surface area contributed by atoms with Gasteiger partial charge >= 0.3 is 0 Å². The highest BCUT2D eigenvalue weighted by Crippen LogP contribution is 2.33. The van der Waals surface area contributed by atoms with Gasteiger partial charge in [0.05, 0.1) is 24.7 Å². The largest absolute Gasteiger partial charge is 0.493 e. The summed E-state index contributed by atoms with van der Waals surface area (Å²) in [5.74, 6) is 0.563. The Hall–Kier alpha value is -1.55. The number of ether oxygens (including phenoxy) is 1. The fourth-order valence-electron chi connectivity index (χ4n) is 2.24. The van der Waals surface area contributed by atoms with Crippen molar-refractivity contribution in [1.29, 1.82) is 0 Å². The van der Waals surface area contributed by atoms with E-state index < -0.39 is 5.54 Å². The first-order valence-electron chi connectivity index (χ1n) is 6.74. The highest BCUT2D eigenvalue weighted by atomic mass is 16.5. The molecular formula is C15H21NO3. The summed E-state index contributed by atoms with van der Waals surface area (Å²) in [7, 11) is 0. The van der Waals surface area contributed by atoms with E-state index in [9.17, 15) is 9.90 Å². The van der Waals surface area contributed by atoms with Gasteiger partial charge in [0.25, 0.3) is 0 Å². The second kappa shape index (κ2) is 5.61. The Labute approximate surface area is 113 Å². The molecule has 0 aromatic heterocycles. The Morgan fingerprint density at radius 1 is 1.53 bits per heavy atom. The van der Waals surface area contributed by atoms with E-state index in [1.54, 1.807) is 0 Å². The number of fused-ring (bicyclic) bond motifs is 1. The second-order valence-corrected chi connectivity index (χ2v) is 5.29. The summed E-state index contributed by atoms with van der Waals surface area (Å²) in [5, 5.41) is 12.3. The van der Waals surface area contributed by atoms with Crippen molar-refractivity contribution < 1.29 is 14.6 Å². The van der Waals surface area contributed by atoms with E-state index in [-0.39, 0.29) is 18.4 Å². The molecule has 2 rings (SSSR count). The van der Waals surface area contributed by atoms with Crippen LogP contribution < -0.4 is 10.1 Å². The number of hydrogen-bond donors (Lipinski definition) is 2. The topological polar surface area (TPSA) is 58.6 Å². The van der Waals surface area contributed by atoms with Gasteiger partial charge < -0.3 is 15.2 Å². The van der Waals surface area contributed by atoms with Gasteiger partial charge in [0.1, 0.15) is 5.75 Å². The molecule has 1 aromatic rings. The van der Waals surface area contributed by atoms with E-state index in [1.165, 1.54) is 0 Å². The zero-order valence-corrected chi connectivity index (χ0v) is 11.5. The molecule has 2 atom stereocenters. The molecule has 0 radical (unpaired) electrons. The van der Waals surface area contributed by atoms with E-state index in [0.29, 0.717) is 19.4 Å². The third-order valence-electron chi connectivity index (χ3n) is 3.83. The number of carbonyl (C=O) groups is 1. The smallest absolute Gasteiger partial charge is 0.228 e. The average Bonchev–Trinajstić information content (AvgIpc) is 2.46. The monoisotopic (exact) mass is 263 g/mol. The van der Waals surface area contributed by atoms with Crippen LogP contribution in [0.3, 0.4) is 0 Å². The van der Waals surface area contributed by atoms with Crippen molar-refractivity contribution in [3.05, 3.63) is 29.8 Å². The minimum Gasteiger partial charge on any atom is -0.493 e. The molecule has 1 aliphatic rings. The fourth-order valence-corrected chi connectivity index (χ4v) is 2.24. The van der Waals surface area contributed by atoms with Crippen molar-refractivity contribution in [2.24, 2.45) is 0 Å². The standard InChI is InChI=1S/C15H21NO3/c1-3-15(2,10-17)16-14(18)12-8-9-19-13-7-5-4-6-11(12)13/h4-7,12,17H,3,8-10H2,1-2H3,(H,16,18). The Bertz CT molecular complexity index is 454. The number of benzene rings is 1. The van der Waals surface area contributed by atoms with Gasteiger partial charge in [0.2, 0.25) is 5.91 Å². The van der Waals surface area contributed by atoms with Crippen LogP contribution in [0.25, 0.3) is 0 Å². The Balaban J connectivity index is 2.17. The Morgan fingerprint density at radius 2 is 2.26 bits per heavy atom. The van der Waals surface area contributed by atoms with Crippen molar-refractivity contribution in [2.45, 2.75) is 38.1 Å². The van der Waals surface area contributed by atoms with Crippen LogP contribution in [0.1, 0.15) is 38.2 Å². The van der Waals surface area contributed by atoms with Gasteiger partial charge in [-0.3, -0.25) is 4.79 Å². The van der Waals surface area contributed by atoms with E-state index in [1.807, 2.05) is 38.1 Å². The third-order valence-corrected chi connectivity index (χ3v) is 3.83. The predicted molar refractivity (Wildman–Crippen MR) is 73.2 cm³/mol. The SMILES string of the molecule is CCC(C)(CO)NC(=O)C1CCOc2ccccc21. The normalized spacial score (nSPS) is 20.9. The molecule has 0 bridgehead atoms. The number of aliphatic hydroxyl groups excluding tert-OH is 1. The Kier molecular flexibility index (Phi) is 4.10. The molecule has 1 aromatic carbocycles. The number of hydrogen-bond acceptors (Lipinski definition) is 3. The lowest BCUT2D eigenvalue weighted by Gasteiger charge is -2.31. The summed E-state index contributed by atoms with van der Waals surface area (Å²) < 4.78 is 5.56. The molecule has 0 fully saturated rings. The van der Waals surface area contributed by atoms with E-state index in [2.05, 4.69) is 5.32 Å².